The summed E-state index contributed by atoms with van der Waals surface area (Å²) < 4.78 is 28.7. The molecular weight excluding hydrogens is 382 g/mol. The molecule has 0 spiro atoms. The number of piperidine rings is 1. The van der Waals surface area contributed by atoms with E-state index in [9.17, 15) is 23.2 Å². The van der Waals surface area contributed by atoms with E-state index in [1.54, 1.807) is 30.3 Å². The van der Waals surface area contributed by atoms with Crippen molar-refractivity contribution in [3.05, 3.63) is 59.9 Å². The Morgan fingerprint density at radius 1 is 1.21 bits per heavy atom. The van der Waals surface area contributed by atoms with Gasteiger partial charge < -0.3 is 16.0 Å². The van der Waals surface area contributed by atoms with Gasteiger partial charge in [-0.25, -0.2) is 8.78 Å². The highest BCUT2D eigenvalue weighted by Gasteiger charge is 2.48. The Labute approximate surface area is 165 Å². The molecule has 1 aromatic heterocycles. The minimum Gasteiger partial charge on any atom is -0.366 e. The lowest BCUT2D eigenvalue weighted by Crippen LogP contribution is -2.52. The zero-order chi connectivity index (χ0) is 21.2. The average molecular weight is 402 g/mol. The van der Waals surface area contributed by atoms with Crippen LogP contribution in [0.25, 0.3) is 0 Å². The summed E-state index contributed by atoms with van der Waals surface area (Å²) in [5, 5.41) is 2.35. The van der Waals surface area contributed by atoms with Gasteiger partial charge in [0.1, 0.15) is 0 Å². The molecular formula is C20H20F2N4O3. The number of anilines is 1. The Morgan fingerprint density at radius 2 is 1.90 bits per heavy atom. The van der Waals surface area contributed by atoms with Gasteiger partial charge in [-0.1, -0.05) is 37.3 Å². The van der Waals surface area contributed by atoms with E-state index >= 15 is 0 Å². The first-order chi connectivity index (χ1) is 13.7. The normalized spacial score (nSPS) is 20.7. The second-order valence-corrected chi connectivity index (χ2v) is 7.03. The minimum atomic E-state index is -2.96. The Hall–Kier alpha value is -3.36. The molecule has 9 heteroatoms. The standard InChI is InChI=1S/C20H20F2N4O3/c1-12-11-26(16(8-20(12,21)22)13-5-3-2-4-6-13)19(29)18(28)25-15-7-14(17(23)27)9-24-10-15/h2-7,9-10,12,16H,8,11H2,1H3,(H2,23,27)(H,25,28)/t12-,16-/m1/s1. The van der Waals surface area contributed by atoms with Crippen molar-refractivity contribution >= 4 is 23.4 Å². The highest BCUT2D eigenvalue weighted by molar-refractivity contribution is 6.39. The number of nitrogens with zero attached hydrogens (tertiary/aromatic N) is 2. The molecule has 152 valence electrons. The van der Waals surface area contributed by atoms with Gasteiger partial charge in [0.2, 0.25) is 5.91 Å². The van der Waals surface area contributed by atoms with E-state index in [0.29, 0.717) is 5.56 Å². The molecule has 2 heterocycles. The summed E-state index contributed by atoms with van der Waals surface area (Å²) in [6.45, 7) is 1.08. The molecule has 3 rings (SSSR count). The van der Waals surface area contributed by atoms with Gasteiger partial charge in [-0.05, 0) is 11.6 Å². The molecule has 1 aliphatic rings. The highest BCUT2D eigenvalue weighted by Crippen LogP contribution is 2.42. The third-order valence-electron chi connectivity index (χ3n) is 4.95. The molecule has 2 atom stereocenters. The Balaban J connectivity index is 1.84. The van der Waals surface area contributed by atoms with E-state index in [1.807, 2.05) is 0 Å². The summed E-state index contributed by atoms with van der Waals surface area (Å²) in [6.07, 6.45) is 1.90. The second-order valence-electron chi connectivity index (χ2n) is 7.03. The quantitative estimate of drug-likeness (QED) is 0.769. The van der Waals surface area contributed by atoms with Crippen molar-refractivity contribution in [2.45, 2.75) is 25.3 Å². The zero-order valence-corrected chi connectivity index (χ0v) is 15.6. The number of amides is 3. The summed E-state index contributed by atoms with van der Waals surface area (Å²) in [5.74, 6) is -6.75. The number of pyridine rings is 1. The number of nitrogens with two attached hydrogens (primary N) is 1. The summed E-state index contributed by atoms with van der Waals surface area (Å²) in [6, 6.07) is 8.76. The molecule has 0 unspecified atom stereocenters. The van der Waals surface area contributed by atoms with Crippen LogP contribution in [0.2, 0.25) is 0 Å². The lowest BCUT2D eigenvalue weighted by molar-refractivity contribution is -0.159. The number of hydrogen-bond acceptors (Lipinski definition) is 4. The zero-order valence-electron chi connectivity index (χ0n) is 15.6. The van der Waals surface area contributed by atoms with Gasteiger partial charge >= 0.3 is 11.8 Å². The number of halogens is 2. The number of primary amides is 1. The van der Waals surface area contributed by atoms with Gasteiger partial charge in [-0.3, -0.25) is 19.4 Å². The van der Waals surface area contributed by atoms with E-state index in [4.69, 9.17) is 5.73 Å². The van der Waals surface area contributed by atoms with Gasteiger partial charge in [-0.2, -0.15) is 0 Å². The van der Waals surface area contributed by atoms with Crippen LogP contribution in [0.5, 0.6) is 0 Å². The lowest BCUT2D eigenvalue weighted by atomic mass is 9.86. The van der Waals surface area contributed by atoms with E-state index in [2.05, 4.69) is 10.3 Å². The number of rotatable bonds is 3. The van der Waals surface area contributed by atoms with Gasteiger partial charge in [-0.15, -0.1) is 0 Å². The van der Waals surface area contributed by atoms with Crippen LogP contribution in [0, 0.1) is 5.92 Å². The third kappa shape index (κ3) is 4.39. The molecule has 0 aliphatic carbocycles. The van der Waals surface area contributed by atoms with Crippen LogP contribution >= 0.6 is 0 Å². The number of alkyl halides is 2. The molecule has 0 bridgehead atoms. The van der Waals surface area contributed by atoms with Crippen LogP contribution in [0.3, 0.4) is 0 Å². The maximum absolute atomic E-state index is 14.3. The smallest absolute Gasteiger partial charge is 0.313 e. The van der Waals surface area contributed by atoms with Crippen LogP contribution in [0.1, 0.15) is 35.3 Å². The van der Waals surface area contributed by atoms with Gasteiger partial charge in [0.15, 0.2) is 0 Å². The van der Waals surface area contributed by atoms with Crippen LogP contribution in [-0.4, -0.2) is 40.1 Å². The predicted molar refractivity (Wildman–Crippen MR) is 101 cm³/mol. The van der Waals surface area contributed by atoms with E-state index < -0.39 is 42.0 Å². The summed E-state index contributed by atoms with van der Waals surface area (Å²) in [7, 11) is 0. The van der Waals surface area contributed by atoms with Crippen molar-refractivity contribution in [1.82, 2.24) is 9.88 Å². The molecule has 3 N–H and O–H groups in total. The largest absolute Gasteiger partial charge is 0.366 e. The number of likely N-dealkylation sites (tertiary alicyclic amines) is 1. The van der Waals surface area contributed by atoms with Crippen molar-refractivity contribution in [2.24, 2.45) is 11.7 Å². The number of hydrogen-bond donors (Lipinski definition) is 2. The fourth-order valence-electron chi connectivity index (χ4n) is 3.28. The summed E-state index contributed by atoms with van der Waals surface area (Å²) in [4.78, 5) is 41.5. The molecule has 2 aromatic rings. The lowest BCUT2D eigenvalue weighted by Gasteiger charge is -2.42. The third-order valence-corrected chi connectivity index (χ3v) is 4.95. The first-order valence-electron chi connectivity index (χ1n) is 8.98. The van der Waals surface area contributed by atoms with Crippen LogP contribution in [0.15, 0.2) is 48.8 Å². The Kier molecular flexibility index (Phi) is 5.58. The van der Waals surface area contributed by atoms with Crippen molar-refractivity contribution < 1.29 is 23.2 Å². The van der Waals surface area contributed by atoms with Crippen molar-refractivity contribution in [1.29, 1.82) is 0 Å². The summed E-state index contributed by atoms with van der Waals surface area (Å²) in [5.41, 5.74) is 5.86. The molecule has 1 aromatic carbocycles. The van der Waals surface area contributed by atoms with Gasteiger partial charge in [0, 0.05) is 25.1 Å². The molecule has 29 heavy (non-hydrogen) atoms. The van der Waals surface area contributed by atoms with Crippen LogP contribution in [0.4, 0.5) is 14.5 Å². The van der Waals surface area contributed by atoms with E-state index in [0.717, 1.165) is 4.90 Å². The van der Waals surface area contributed by atoms with E-state index in [-0.39, 0.29) is 17.8 Å². The fraction of sp³-hybridized carbons (Fsp3) is 0.300. The topological polar surface area (TPSA) is 105 Å². The number of carbonyl (C=O) groups excluding carboxylic acids is 3. The highest BCUT2D eigenvalue weighted by atomic mass is 19.3. The van der Waals surface area contributed by atoms with Crippen molar-refractivity contribution in [2.75, 3.05) is 11.9 Å². The molecule has 1 aliphatic heterocycles. The van der Waals surface area contributed by atoms with Crippen LogP contribution < -0.4 is 11.1 Å². The molecule has 1 saturated heterocycles. The molecule has 0 radical (unpaired) electrons. The molecule has 1 fully saturated rings. The second kappa shape index (κ2) is 7.94. The number of benzene rings is 1. The maximum atomic E-state index is 14.3. The summed E-state index contributed by atoms with van der Waals surface area (Å²) >= 11 is 0. The van der Waals surface area contributed by atoms with Crippen molar-refractivity contribution in [3.8, 4) is 0 Å². The number of carbonyl (C=O) groups is 3. The SMILES string of the molecule is C[C@@H]1CN(C(=O)C(=O)Nc2cncc(C(N)=O)c2)[C@@H](c2ccccc2)CC1(F)F. The Morgan fingerprint density at radius 3 is 2.55 bits per heavy atom. The molecule has 7 nitrogen and oxygen atoms in total. The minimum absolute atomic E-state index is 0.0589. The maximum Gasteiger partial charge on any atom is 0.313 e. The Bertz CT molecular complexity index is 936. The average Bonchev–Trinajstić information content (AvgIpc) is 2.70. The van der Waals surface area contributed by atoms with Crippen molar-refractivity contribution in [3.63, 3.8) is 0 Å². The number of nitrogens with one attached hydrogen (secondary N) is 1. The first-order valence-corrected chi connectivity index (χ1v) is 8.98. The number of aromatic nitrogens is 1. The monoisotopic (exact) mass is 402 g/mol. The molecule has 0 saturated carbocycles. The first kappa shape index (κ1) is 20.4. The van der Waals surface area contributed by atoms with Gasteiger partial charge in [0.05, 0.1) is 23.5 Å². The molecule has 3 amide bonds. The predicted octanol–water partition coefficient (Wildman–Crippen LogP) is 2.36. The van der Waals surface area contributed by atoms with Gasteiger partial charge in [0.25, 0.3) is 5.92 Å². The van der Waals surface area contributed by atoms with E-state index in [1.165, 1.54) is 25.4 Å². The van der Waals surface area contributed by atoms with Crippen LogP contribution in [-0.2, 0) is 9.59 Å². The fourth-order valence-corrected chi connectivity index (χ4v) is 3.28.